The Balaban J connectivity index is 2.62. The molecule has 1 aromatic carbocycles. The van der Waals surface area contributed by atoms with E-state index in [4.69, 9.17) is 5.11 Å². The molecule has 4 N–H and O–H groups in total. The third-order valence-corrected chi connectivity index (χ3v) is 3.60. The summed E-state index contributed by atoms with van der Waals surface area (Å²) in [5.41, 5.74) is 0.498. The molecule has 1 amide bonds. The van der Waals surface area contributed by atoms with Gasteiger partial charge in [0.15, 0.2) is 11.5 Å². The highest BCUT2D eigenvalue weighted by atomic mass is 32.2. The van der Waals surface area contributed by atoms with E-state index in [1.807, 2.05) is 0 Å². The van der Waals surface area contributed by atoms with Crippen molar-refractivity contribution in [3.8, 4) is 11.5 Å². The van der Waals surface area contributed by atoms with Crippen LogP contribution in [0.15, 0.2) is 36.9 Å². The fraction of sp³-hybridized carbons (Fsp3) is 0.200. The normalized spacial score (nSPS) is 12.0. The van der Waals surface area contributed by atoms with Crippen LogP contribution in [0.1, 0.15) is 5.56 Å². The predicted octanol–water partition coefficient (Wildman–Crippen LogP) is 1.60. The van der Waals surface area contributed by atoms with Gasteiger partial charge in [-0.15, -0.1) is 6.58 Å². The number of benzene rings is 1. The number of thioether (sulfide) groups is 1. The van der Waals surface area contributed by atoms with Crippen LogP contribution < -0.4 is 5.32 Å². The van der Waals surface area contributed by atoms with Crippen LogP contribution >= 0.6 is 11.8 Å². The number of rotatable bonds is 8. The summed E-state index contributed by atoms with van der Waals surface area (Å²) in [6, 6.07) is 3.09. The molecule has 7 heteroatoms. The molecule has 0 unspecified atom stereocenters. The third-order valence-electron chi connectivity index (χ3n) is 2.56. The highest BCUT2D eigenvalue weighted by Gasteiger charge is 2.18. The van der Waals surface area contributed by atoms with Gasteiger partial charge in [0.05, 0.1) is 0 Å². The molecule has 118 valence electrons. The summed E-state index contributed by atoms with van der Waals surface area (Å²) >= 11 is 1.35. The minimum atomic E-state index is -1.11. The van der Waals surface area contributed by atoms with E-state index in [-0.39, 0.29) is 17.3 Å². The maximum Gasteiger partial charge on any atom is 0.327 e. The first-order chi connectivity index (χ1) is 10.4. The smallest absolute Gasteiger partial charge is 0.327 e. The maximum atomic E-state index is 11.7. The van der Waals surface area contributed by atoms with Crippen LogP contribution in [0, 0.1) is 0 Å². The molecule has 0 spiro atoms. The van der Waals surface area contributed by atoms with Gasteiger partial charge in [-0.1, -0.05) is 12.1 Å². The molecule has 1 aromatic rings. The Morgan fingerprint density at radius 3 is 2.64 bits per heavy atom. The van der Waals surface area contributed by atoms with Crippen LogP contribution in [0.3, 0.4) is 0 Å². The van der Waals surface area contributed by atoms with Crippen LogP contribution in [-0.4, -0.2) is 44.7 Å². The predicted molar refractivity (Wildman–Crippen MR) is 85.9 cm³/mol. The molecule has 0 bridgehead atoms. The first kappa shape index (κ1) is 17.6. The fourth-order valence-electron chi connectivity index (χ4n) is 1.48. The molecular weight excluding hydrogens is 306 g/mol. The van der Waals surface area contributed by atoms with Crippen LogP contribution in [0.2, 0.25) is 0 Å². The highest BCUT2D eigenvalue weighted by Crippen LogP contribution is 2.25. The number of hydrogen-bond donors (Lipinski definition) is 4. The number of amides is 1. The number of carboxylic acids is 1. The van der Waals surface area contributed by atoms with E-state index in [9.17, 15) is 19.8 Å². The lowest BCUT2D eigenvalue weighted by Gasteiger charge is -2.12. The lowest BCUT2D eigenvalue weighted by molar-refractivity contribution is -0.140. The first-order valence-corrected chi connectivity index (χ1v) is 7.51. The number of hydrogen-bond acceptors (Lipinski definition) is 5. The molecule has 0 radical (unpaired) electrons. The number of aliphatic carboxylic acids is 1. The molecule has 6 nitrogen and oxygen atoms in total. The Hall–Kier alpha value is -2.41. The average Bonchev–Trinajstić information content (AvgIpc) is 2.47. The Bertz CT molecular complexity index is 585. The van der Waals surface area contributed by atoms with Crippen molar-refractivity contribution in [2.75, 3.05) is 11.5 Å². The van der Waals surface area contributed by atoms with E-state index >= 15 is 0 Å². The van der Waals surface area contributed by atoms with Gasteiger partial charge in [0.25, 0.3) is 0 Å². The highest BCUT2D eigenvalue weighted by molar-refractivity contribution is 7.99. The van der Waals surface area contributed by atoms with Gasteiger partial charge in [0.1, 0.15) is 6.04 Å². The van der Waals surface area contributed by atoms with E-state index < -0.39 is 17.9 Å². The van der Waals surface area contributed by atoms with E-state index in [1.165, 1.54) is 42.1 Å². The third kappa shape index (κ3) is 5.92. The Morgan fingerprint density at radius 1 is 1.32 bits per heavy atom. The lowest BCUT2D eigenvalue weighted by Crippen LogP contribution is -2.41. The monoisotopic (exact) mass is 323 g/mol. The van der Waals surface area contributed by atoms with Gasteiger partial charge in [0.2, 0.25) is 5.91 Å². The molecular formula is C15H17NO5S. The summed E-state index contributed by atoms with van der Waals surface area (Å²) in [6.07, 6.45) is 4.23. The number of carbonyl (C=O) groups is 2. The van der Waals surface area contributed by atoms with Gasteiger partial charge in [0, 0.05) is 17.6 Å². The van der Waals surface area contributed by atoms with Crippen molar-refractivity contribution in [2.45, 2.75) is 6.04 Å². The number of phenolic OH excluding ortho intramolecular Hbond substituents is 2. The van der Waals surface area contributed by atoms with Gasteiger partial charge in [-0.3, -0.25) is 4.79 Å². The molecule has 0 aromatic heterocycles. The second-order valence-corrected chi connectivity index (χ2v) is 5.38. The molecule has 1 atom stereocenters. The van der Waals surface area contributed by atoms with Crippen molar-refractivity contribution < 1.29 is 24.9 Å². The average molecular weight is 323 g/mol. The van der Waals surface area contributed by atoms with Crippen LogP contribution in [0.4, 0.5) is 0 Å². The summed E-state index contributed by atoms with van der Waals surface area (Å²) in [4.78, 5) is 22.8. The summed E-state index contributed by atoms with van der Waals surface area (Å²) in [6.45, 7) is 3.53. The lowest BCUT2D eigenvalue weighted by atomic mass is 10.2. The number of carbonyl (C=O) groups excluding carboxylic acids is 1. The van der Waals surface area contributed by atoms with E-state index in [2.05, 4.69) is 11.9 Å². The van der Waals surface area contributed by atoms with Gasteiger partial charge in [-0.2, -0.15) is 11.8 Å². The molecule has 0 saturated carbocycles. The van der Waals surface area contributed by atoms with Crippen molar-refractivity contribution in [3.05, 3.63) is 42.5 Å². The van der Waals surface area contributed by atoms with E-state index in [0.29, 0.717) is 11.3 Å². The molecule has 22 heavy (non-hydrogen) atoms. The Morgan fingerprint density at radius 2 is 2.05 bits per heavy atom. The van der Waals surface area contributed by atoms with Crippen molar-refractivity contribution in [2.24, 2.45) is 0 Å². The van der Waals surface area contributed by atoms with Crippen molar-refractivity contribution >= 4 is 29.7 Å². The topological polar surface area (TPSA) is 107 Å². The molecule has 0 fully saturated rings. The second-order valence-electron chi connectivity index (χ2n) is 4.31. The number of phenols is 2. The Labute approximate surface area is 132 Å². The summed E-state index contributed by atoms with van der Waals surface area (Å²) in [7, 11) is 0. The molecule has 0 saturated heterocycles. The molecule has 0 aliphatic heterocycles. The number of nitrogens with one attached hydrogen (secondary N) is 1. The second kappa shape index (κ2) is 8.78. The molecule has 0 aliphatic rings. The zero-order chi connectivity index (χ0) is 16.5. The quantitative estimate of drug-likeness (QED) is 0.250. The van der Waals surface area contributed by atoms with Crippen LogP contribution in [0.25, 0.3) is 6.08 Å². The number of aromatic hydroxyl groups is 2. The molecule has 0 aliphatic carbocycles. The number of carboxylic acid groups (broad SMARTS) is 1. The van der Waals surface area contributed by atoms with Crippen LogP contribution in [0.5, 0.6) is 11.5 Å². The van der Waals surface area contributed by atoms with Crippen molar-refractivity contribution in [3.63, 3.8) is 0 Å². The standard InChI is InChI=1S/C15H17NO5S/c1-2-7-22-9-11(15(20)21)16-14(19)6-4-10-3-5-12(17)13(18)8-10/h2-6,8,11,17-18H,1,7,9H2,(H,16,19)(H,20,21)/b6-4+/t11-/m0/s1. The Kier molecular flexibility index (Phi) is 7.04. The van der Waals surface area contributed by atoms with E-state index in [1.54, 1.807) is 6.08 Å². The molecule has 0 heterocycles. The van der Waals surface area contributed by atoms with Gasteiger partial charge >= 0.3 is 5.97 Å². The van der Waals surface area contributed by atoms with Gasteiger partial charge in [-0.25, -0.2) is 4.79 Å². The zero-order valence-electron chi connectivity index (χ0n) is 11.7. The van der Waals surface area contributed by atoms with Gasteiger partial charge < -0.3 is 20.6 Å². The van der Waals surface area contributed by atoms with E-state index in [0.717, 1.165) is 0 Å². The summed E-state index contributed by atoms with van der Waals surface area (Å²) < 4.78 is 0. The summed E-state index contributed by atoms with van der Waals surface area (Å²) in [5.74, 6) is -1.39. The van der Waals surface area contributed by atoms with Crippen LogP contribution in [-0.2, 0) is 9.59 Å². The van der Waals surface area contributed by atoms with Crippen molar-refractivity contribution in [1.82, 2.24) is 5.32 Å². The molecule has 1 rings (SSSR count). The maximum absolute atomic E-state index is 11.7. The fourth-order valence-corrected chi connectivity index (χ4v) is 2.24. The summed E-state index contributed by atoms with van der Waals surface area (Å²) in [5, 5.41) is 29.9. The minimum Gasteiger partial charge on any atom is -0.504 e. The zero-order valence-corrected chi connectivity index (χ0v) is 12.5. The van der Waals surface area contributed by atoms with Crippen molar-refractivity contribution in [1.29, 1.82) is 0 Å². The first-order valence-electron chi connectivity index (χ1n) is 6.36. The SMILES string of the molecule is C=CCSC[C@H](NC(=O)/C=C/c1ccc(O)c(O)c1)C(=O)O. The van der Waals surface area contributed by atoms with Gasteiger partial charge in [-0.05, 0) is 23.8 Å². The minimum absolute atomic E-state index is 0.237. The largest absolute Gasteiger partial charge is 0.504 e.